The van der Waals surface area contributed by atoms with Crippen LogP contribution < -0.4 is 15.8 Å². The number of nitrogens with one attached hydrogen (secondary N) is 1. The topological polar surface area (TPSA) is 89.4 Å². The third-order valence-electron chi connectivity index (χ3n) is 4.99. The number of fused-ring (bicyclic) bond motifs is 1. The summed E-state index contributed by atoms with van der Waals surface area (Å²) in [7, 11) is 1.65. The Labute approximate surface area is 158 Å². The molecule has 1 aliphatic rings. The summed E-state index contributed by atoms with van der Waals surface area (Å²) >= 11 is 0. The minimum Gasteiger partial charge on any atom is -0.385 e. The van der Waals surface area contributed by atoms with Gasteiger partial charge in [0.15, 0.2) is 11.5 Å². The third kappa shape index (κ3) is 4.27. The zero-order chi connectivity index (χ0) is 19.2. The van der Waals surface area contributed by atoms with E-state index in [0.717, 1.165) is 6.42 Å². The number of rotatable bonds is 7. The summed E-state index contributed by atoms with van der Waals surface area (Å²) in [5, 5.41) is 2.97. The maximum absolute atomic E-state index is 12.9. The van der Waals surface area contributed by atoms with Crippen LogP contribution in [0.15, 0.2) is 23.1 Å². The molecule has 0 aliphatic carbocycles. The molecule has 0 saturated carbocycles. The molecule has 0 aromatic carbocycles. The summed E-state index contributed by atoms with van der Waals surface area (Å²) in [6.07, 6.45) is 3.92. The fourth-order valence-corrected chi connectivity index (χ4v) is 3.49. The van der Waals surface area contributed by atoms with E-state index in [0.29, 0.717) is 62.6 Å². The van der Waals surface area contributed by atoms with E-state index in [4.69, 9.17) is 4.74 Å². The number of ether oxygens (including phenoxy) is 1. The predicted octanol–water partition coefficient (Wildman–Crippen LogP) is 1.18. The highest BCUT2D eigenvalue weighted by atomic mass is 16.5. The Morgan fingerprint density at radius 1 is 1.37 bits per heavy atom. The Kier molecular flexibility index (Phi) is 6.39. The van der Waals surface area contributed by atoms with Crippen molar-refractivity contribution in [2.45, 2.75) is 32.7 Å². The van der Waals surface area contributed by atoms with E-state index in [9.17, 15) is 9.59 Å². The fourth-order valence-electron chi connectivity index (χ4n) is 3.49. The van der Waals surface area contributed by atoms with E-state index in [2.05, 4.69) is 15.3 Å². The largest absolute Gasteiger partial charge is 0.385 e. The van der Waals surface area contributed by atoms with Gasteiger partial charge in [-0.2, -0.15) is 0 Å². The zero-order valence-corrected chi connectivity index (χ0v) is 16.0. The maximum Gasteiger partial charge on any atom is 0.295 e. The van der Waals surface area contributed by atoms with Crippen molar-refractivity contribution in [1.29, 1.82) is 0 Å². The number of carbonyl (C=O) groups is 1. The van der Waals surface area contributed by atoms with Gasteiger partial charge in [0.2, 0.25) is 5.91 Å². The number of hydrogen-bond donors (Lipinski definition) is 1. The van der Waals surface area contributed by atoms with Gasteiger partial charge in [-0.25, -0.2) is 9.97 Å². The predicted molar refractivity (Wildman–Crippen MR) is 104 cm³/mol. The Morgan fingerprint density at radius 2 is 2.15 bits per heavy atom. The Hall–Kier alpha value is -2.48. The number of aromatic nitrogens is 3. The van der Waals surface area contributed by atoms with Crippen LogP contribution in [-0.4, -0.2) is 53.8 Å². The molecule has 1 saturated heterocycles. The normalized spacial score (nSPS) is 15.3. The van der Waals surface area contributed by atoms with Crippen LogP contribution in [-0.2, 0) is 16.1 Å². The van der Waals surface area contributed by atoms with Crippen LogP contribution in [0.3, 0.4) is 0 Å². The van der Waals surface area contributed by atoms with Crippen molar-refractivity contribution in [1.82, 2.24) is 19.9 Å². The first-order valence-electron chi connectivity index (χ1n) is 9.52. The molecule has 146 valence electrons. The second-order valence-corrected chi connectivity index (χ2v) is 6.73. The number of amides is 1. The summed E-state index contributed by atoms with van der Waals surface area (Å²) in [5.41, 5.74) is 1.21. The van der Waals surface area contributed by atoms with Gasteiger partial charge >= 0.3 is 0 Å². The monoisotopic (exact) mass is 373 g/mol. The SMILES string of the molecule is CCn1c(=O)c(N2CCC(C(=O)NCCCOC)CC2)nc2cccnc21. The molecule has 3 heterocycles. The number of anilines is 1. The van der Waals surface area contributed by atoms with Gasteiger partial charge in [0, 0.05) is 52.0 Å². The number of methoxy groups -OCH3 is 1. The number of carbonyl (C=O) groups excluding carboxylic acids is 1. The Morgan fingerprint density at radius 3 is 2.85 bits per heavy atom. The summed E-state index contributed by atoms with van der Waals surface area (Å²) < 4.78 is 6.65. The van der Waals surface area contributed by atoms with Gasteiger partial charge in [-0.1, -0.05) is 0 Å². The van der Waals surface area contributed by atoms with E-state index in [1.807, 2.05) is 24.0 Å². The fraction of sp³-hybridized carbons (Fsp3) is 0.579. The van der Waals surface area contributed by atoms with Gasteiger partial charge in [-0.15, -0.1) is 0 Å². The lowest BCUT2D eigenvalue weighted by atomic mass is 9.96. The molecule has 1 amide bonds. The van der Waals surface area contributed by atoms with Gasteiger partial charge in [-0.05, 0) is 38.3 Å². The molecule has 1 N–H and O–H groups in total. The molecule has 0 radical (unpaired) electrons. The summed E-state index contributed by atoms with van der Waals surface area (Å²) in [4.78, 5) is 36.0. The second kappa shape index (κ2) is 8.94. The van der Waals surface area contributed by atoms with E-state index in [-0.39, 0.29) is 17.4 Å². The molecule has 1 aliphatic heterocycles. The minimum absolute atomic E-state index is 0.0145. The first kappa shape index (κ1) is 19.3. The van der Waals surface area contributed by atoms with E-state index >= 15 is 0 Å². The van der Waals surface area contributed by atoms with Crippen LogP contribution in [0.25, 0.3) is 11.2 Å². The lowest BCUT2D eigenvalue weighted by Crippen LogP contribution is -2.43. The number of pyridine rings is 1. The smallest absolute Gasteiger partial charge is 0.295 e. The molecule has 8 nitrogen and oxygen atoms in total. The average Bonchev–Trinajstić information content (AvgIpc) is 2.71. The molecule has 0 unspecified atom stereocenters. The molecule has 1 fully saturated rings. The molecule has 3 rings (SSSR count). The number of aryl methyl sites for hydroxylation is 1. The Bertz CT molecular complexity index is 843. The quantitative estimate of drug-likeness (QED) is 0.733. The lowest BCUT2D eigenvalue weighted by molar-refractivity contribution is -0.125. The highest BCUT2D eigenvalue weighted by molar-refractivity contribution is 5.79. The Balaban J connectivity index is 1.68. The molecule has 0 bridgehead atoms. The first-order valence-corrected chi connectivity index (χ1v) is 9.52. The van der Waals surface area contributed by atoms with E-state index in [1.54, 1.807) is 17.9 Å². The summed E-state index contributed by atoms with van der Waals surface area (Å²) in [6.45, 7) is 5.04. The molecule has 0 spiro atoms. The molecular formula is C19H27N5O3. The highest BCUT2D eigenvalue weighted by Gasteiger charge is 2.27. The van der Waals surface area contributed by atoms with Crippen LogP contribution in [0.2, 0.25) is 0 Å². The molecule has 27 heavy (non-hydrogen) atoms. The van der Waals surface area contributed by atoms with Crippen molar-refractivity contribution in [3.05, 3.63) is 28.7 Å². The van der Waals surface area contributed by atoms with Gasteiger partial charge in [0.25, 0.3) is 5.56 Å². The maximum atomic E-state index is 12.9. The number of nitrogens with zero attached hydrogens (tertiary/aromatic N) is 4. The van der Waals surface area contributed by atoms with E-state index < -0.39 is 0 Å². The number of hydrogen-bond acceptors (Lipinski definition) is 6. The second-order valence-electron chi connectivity index (χ2n) is 6.73. The summed E-state index contributed by atoms with van der Waals surface area (Å²) in [6, 6.07) is 3.70. The lowest BCUT2D eigenvalue weighted by Gasteiger charge is -2.32. The van der Waals surface area contributed by atoms with Gasteiger partial charge < -0.3 is 15.0 Å². The third-order valence-corrected chi connectivity index (χ3v) is 4.99. The molecular weight excluding hydrogens is 346 g/mol. The van der Waals surface area contributed by atoms with Crippen LogP contribution >= 0.6 is 0 Å². The minimum atomic E-state index is -0.119. The van der Waals surface area contributed by atoms with Crippen molar-refractivity contribution in [2.75, 3.05) is 38.3 Å². The van der Waals surface area contributed by atoms with Crippen LogP contribution in [0.4, 0.5) is 5.82 Å². The van der Waals surface area contributed by atoms with Crippen LogP contribution in [0, 0.1) is 5.92 Å². The van der Waals surface area contributed by atoms with Gasteiger partial charge in [0.05, 0.1) is 0 Å². The van der Waals surface area contributed by atoms with E-state index in [1.165, 1.54) is 0 Å². The highest BCUT2D eigenvalue weighted by Crippen LogP contribution is 2.21. The number of piperidine rings is 1. The molecule has 8 heteroatoms. The first-order chi connectivity index (χ1) is 13.2. The van der Waals surface area contributed by atoms with Crippen molar-refractivity contribution in [3.8, 4) is 0 Å². The standard InChI is InChI=1S/C19H27N5O3/c1-3-24-16-15(6-4-9-20-16)22-17(19(24)26)23-11-7-14(8-12-23)18(25)21-10-5-13-27-2/h4,6,9,14H,3,5,7-8,10-13H2,1-2H3,(H,21,25). The van der Waals surface area contributed by atoms with Gasteiger partial charge in [-0.3, -0.25) is 14.2 Å². The molecule has 0 atom stereocenters. The molecule has 2 aromatic rings. The van der Waals surface area contributed by atoms with Crippen LogP contribution in [0.1, 0.15) is 26.2 Å². The van der Waals surface area contributed by atoms with Crippen molar-refractivity contribution in [3.63, 3.8) is 0 Å². The van der Waals surface area contributed by atoms with Gasteiger partial charge in [0.1, 0.15) is 5.52 Å². The molecule has 2 aromatic heterocycles. The van der Waals surface area contributed by atoms with Crippen LogP contribution in [0.5, 0.6) is 0 Å². The van der Waals surface area contributed by atoms with Crippen molar-refractivity contribution in [2.24, 2.45) is 5.92 Å². The average molecular weight is 373 g/mol. The van der Waals surface area contributed by atoms with Crippen molar-refractivity contribution >= 4 is 22.9 Å². The zero-order valence-electron chi connectivity index (χ0n) is 16.0. The summed E-state index contributed by atoms with van der Waals surface area (Å²) in [5.74, 6) is 0.531. The van der Waals surface area contributed by atoms with Crippen molar-refractivity contribution < 1.29 is 9.53 Å².